The monoisotopic (exact) mass is 420 g/mol. The lowest BCUT2D eigenvalue weighted by molar-refractivity contribution is -0.660. The maximum atomic E-state index is 6.70. The van der Waals surface area contributed by atoms with Gasteiger partial charge in [0.2, 0.25) is 5.69 Å². The lowest BCUT2D eigenvalue weighted by Crippen LogP contribution is -2.30. The van der Waals surface area contributed by atoms with Crippen LogP contribution in [0.1, 0.15) is 25.0 Å². The molecule has 0 amide bonds. The smallest absolute Gasteiger partial charge is 0.216 e. The minimum absolute atomic E-state index is 0.0134. The normalized spacial score (nSPS) is 14.6. The highest BCUT2D eigenvalue weighted by Crippen LogP contribution is 2.47. The van der Waals surface area contributed by atoms with Crippen LogP contribution in [0.4, 0.5) is 0 Å². The van der Waals surface area contributed by atoms with Crippen LogP contribution in [0, 0.1) is 6.92 Å². The average Bonchev–Trinajstić information content (AvgIpc) is 3.31. The van der Waals surface area contributed by atoms with E-state index < -0.39 is 0 Å². The molecule has 3 aromatic carbocycles. The van der Waals surface area contributed by atoms with Crippen LogP contribution in [0.15, 0.2) is 77.3 Å². The van der Waals surface area contributed by atoms with Crippen molar-refractivity contribution in [1.82, 2.24) is 0 Å². The summed E-state index contributed by atoms with van der Waals surface area (Å²) >= 11 is 0. The van der Waals surface area contributed by atoms with Crippen molar-refractivity contribution < 1.29 is 13.7 Å². The minimum Gasteiger partial charge on any atom is -0.492 e. The highest BCUT2D eigenvalue weighted by molar-refractivity contribution is 6.13. The first-order valence-corrected chi connectivity index (χ1v) is 11.1. The van der Waals surface area contributed by atoms with E-state index in [0.29, 0.717) is 6.61 Å². The Balaban J connectivity index is 1.67. The Labute approximate surface area is 187 Å². The van der Waals surface area contributed by atoms with Crippen LogP contribution in [0.25, 0.3) is 44.3 Å². The van der Waals surface area contributed by atoms with Crippen molar-refractivity contribution in [2.75, 3.05) is 6.61 Å². The molecular formula is C29H26NO2+. The van der Waals surface area contributed by atoms with E-state index in [9.17, 15) is 0 Å². The van der Waals surface area contributed by atoms with Crippen molar-refractivity contribution in [2.24, 2.45) is 7.05 Å². The summed E-state index contributed by atoms with van der Waals surface area (Å²) in [4.78, 5) is 0. The summed E-state index contributed by atoms with van der Waals surface area (Å²) < 4.78 is 15.1. The van der Waals surface area contributed by atoms with Crippen molar-refractivity contribution in [2.45, 2.75) is 26.2 Å². The van der Waals surface area contributed by atoms with Crippen molar-refractivity contribution in [1.29, 1.82) is 0 Å². The molecule has 2 aromatic heterocycles. The van der Waals surface area contributed by atoms with Gasteiger partial charge in [-0.2, -0.15) is 0 Å². The summed E-state index contributed by atoms with van der Waals surface area (Å²) in [6.07, 6.45) is 2.08. The fourth-order valence-electron chi connectivity index (χ4n) is 5.04. The first kappa shape index (κ1) is 19.1. The summed E-state index contributed by atoms with van der Waals surface area (Å²) in [6.45, 7) is 7.32. The maximum Gasteiger partial charge on any atom is 0.216 e. The molecule has 0 radical (unpaired) electrons. The number of fused-ring (bicyclic) bond motifs is 4. The predicted octanol–water partition coefficient (Wildman–Crippen LogP) is 6.72. The van der Waals surface area contributed by atoms with Crippen LogP contribution < -0.4 is 9.30 Å². The van der Waals surface area contributed by atoms with Gasteiger partial charge >= 0.3 is 0 Å². The highest BCUT2D eigenvalue weighted by Gasteiger charge is 2.34. The molecule has 0 spiro atoms. The van der Waals surface area contributed by atoms with E-state index in [4.69, 9.17) is 9.15 Å². The van der Waals surface area contributed by atoms with Gasteiger partial charge in [0.15, 0.2) is 6.20 Å². The molecule has 0 aliphatic carbocycles. The van der Waals surface area contributed by atoms with Crippen LogP contribution in [0.5, 0.6) is 5.75 Å². The molecule has 5 aromatic rings. The lowest BCUT2D eigenvalue weighted by atomic mass is 9.85. The molecule has 1 aliphatic rings. The Kier molecular flexibility index (Phi) is 4.00. The summed E-state index contributed by atoms with van der Waals surface area (Å²) in [5, 5.41) is 2.27. The SMILES string of the molecule is Cc1ccc2c(oc3c(-c4cccc5c4OCC5(C)C)cccc32)c1-c1cccc[n+]1C. The zero-order valence-corrected chi connectivity index (χ0v) is 18.9. The molecule has 0 fully saturated rings. The Morgan fingerprint density at radius 2 is 1.59 bits per heavy atom. The highest BCUT2D eigenvalue weighted by atomic mass is 16.5. The van der Waals surface area contributed by atoms with E-state index in [0.717, 1.165) is 50.1 Å². The van der Waals surface area contributed by atoms with Gasteiger partial charge < -0.3 is 9.15 Å². The third kappa shape index (κ3) is 2.64. The van der Waals surface area contributed by atoms with Crippen molar-refractivity contribution >= 4 is 21.9 Å². The first-order chi connectivity index (χ1) is 15.5. The van der Waals surface area contributed by atoms with Crippen molar-refractivity contribution in [3.63, 3.8) is 0 Å². The molecule has 0 bridgehead atoms. The van der Waals surface area contributed by atoms with Crippen molar-refractivity contribution in [3.05, 3.63) is 84.1 Å². The van der Waals surface area contributed by atoms with Crippen LogP contribution >= 0.6 is 0 Å². The molecule has 3 nitrogen and oxygen atoms in total. The molecular weight excluding hydrogens is 394 g/mol. The van der Waals surface area contributed by atoms with E-state index in [1.807, 2.05) is 6.07 Å². The molecule has 0 saturated heterocycles. The molecule has 0 unspecified atom stereocenters. The van der Waals surface area contributed by atoms with Gasteiger partial charge in [0.05, 0.1) is 12.2 Å². The zero-order chi connectivity index (χ0) is 22.0. The number of benzene rings is 3. The number of pyridine rings is 1. The molecule has 0 atom stereocenters. The van der Waals surface area contributed by atoms with Crippen LogP contribution in [0.2, 0.25) is 0 Å². The zero-order valence-electron chi connectivity index (χ0n) is 18.9. The van der Waals surface area contributed by atoms with E-state index in [1.54, 1.807) is 0 Å². The Hall–Kier alpha value is -3.59. The number of para-hydroxylation sites is 2. The molecule has 32 heavy (non-hydrogen) atoms. The third-order valence-electron chi connectivity index (χ3n) is 6.80. The van der Waals surface area contributed by atoms with E-state index in [2.05, 4.69) is 99.2 Å². The second-order valence-electron chi connectivity index (χ2n) is 9.47. The number of aryl methyl sites for hydroxylation is 2. The summed E-state index contributed by atoms with van der Waals surface area (Å²) in [6, 6.07) is 23.5. The fourth-order valence-corrected chi connectivity index (χ4v) is 5.04. The fraction of sp³-hybridized carbons (Fsp3) is 0.207. The largest absolute Gasteiger partial charge is 0.492 e. The van der Waals surface area contributed by atoms with Crippen LogP contribution in [-0.2, 0) is 12.5 Å². The van der Waals surface area contributed by atoms with Crippen molar-refractivity contribution in [3.8, 4) is 28.1 Å². The standard InChI is InChI=1S/C29H26NO2/c1-18-14-15-22-20-10-7-9-19(21-11-8-12-23-27(21)31-17-29(23,2)3)26(20)32-28(22)25(18)24-13-5-6-16-30(24)4/h5-16H,17H2,1-4H3/q+1. The quantitative estimate of drug-likeness (QED) is 0.296. The second kappa shape index (κ2) is 6.70. The maximum absolute atomic E-state index is 6.70. The van der Waals surface area contributed by atoms with Gasteiger partial charge in [-0.15, -0.1) is 0 Å². The van der Waals surface area contributed by atoms with Gasteiger partial charge in [-0.05, 0) is 18.6 Å². The van der Waals surface area contributed by atoms with Gasteiger partial charge in [0, 0.05) is 45.0 Å². The molecule has 6 rings (SSSR count). The molecule has 3 heterocycles. The number of hydrogen-bond acceptors (Lipinski definition) is 2. The van der Waals surface area contributed by atoms with Gasteiger partial charge in [0.1, 0.15) is 24.0 Å². The summed E-state index contributed by atoms with van der Waals surface area (Å²) in [5.41, 5.74) is 8.78. The first-order valence-electron chi connectivity index (χ1n) is 11.1. The number of aromatic nitrogens is 1. The number of ether oxygens (including phenoxy) is 1. The van der Waals surface area contributed by atoms with Crippen LogP contribution in [0.3, 0.4) is 0 Å². The van der Waals surface area contributed by atoms with E-state index >= 15 is 0 Å². The van der Waals surface area contributed by atoms with E-state index in [-0.39, 0.29) is 5.41 Å². The molecule has 1 aliphatic heterocycles. The predicted molar refractivity (Wildman–Crippen MR) is 129 cm³/mol. The molecule has 158 valence electrons. The minimum atomic E-state index is 0.0134. The number of rotatable bonds is 2. The Morgan fingerprint density at radius 3 is 2.44 bits per heavy atom. The van der Waals surface area contributed by atoms with Crippen LogP contribution in [-0.4, -0.2) is 6.61 Å². The van der Waals surface area contributed by atoms with Gasteiger partial charge in [-0.25, -0.2) is 4.57 Å². The Bertz CT molecular complexity index is 1520. The van der Waals surface area contributed by atoms with Gasteiger partial charge in [0.25, 0.3) is 0 Å². The third-order valence-corrected chi connectivity index (χ3v) is 6.80. The molecule has 3 heteroatoms. The lowest BCUT2D eigenvalue weighted by Gasteiger charge is -2.15. The van der Waals surface area contributed by atoms with Gasteiger partial charge in [-0.3, -0.25) is 0 Å². The summed E-state index contributed by atoms with van der Waals surface area (Å²) in [7, 11) is 2.08. The number of nitrogens with zero attached hydrogens (tertiary/aromatic N) is 1. The number of hydrogen-bond donors (Lipinski definition) is 0. The molecule has 0 saturated carbocycles. The summed E-state index contributed by atoms with van der Waals surface area (Å²) in [5.74, 6) is 0.983. The van der Waals surface area contributed by atoms with E-state index in [1.165, 1.54) is 11.1 Å². The molecule has 0 N–H and O–H groups in total. The topological polar surface area (TPSA) is 26.2 Å². The van der Waals surface area contributed by atoms with Gasteiger partial charge in [-0.1, -0.05) is 62.4 Å². The Morgan fingerprint density at radius 1 is 0.812 bits per heavy atom. The number of furan rings is 1. The second-order valence-corrected chi connectivity index (χ2v) is 9.47. The average molecular weight is 421 g/mol.